The van der Waals surface area contributed by atoms with E-state index in [9.17, 15) is 0 Å². The third kappa shape index (κ3) is 2.26. The predicted molar refractivity (Wildman–Crippen MR) is 83.5 cm³/mol. The van der Waals surface area contributed by atoms with E-state index in [1.165, 1.54) is 0 Å². The molecule has 0 aliphatic rings. The van der Waals surface area contributed by atoms with Crippen LogP contribution < -0.4 is 10.6 Å². The van der Waals surface area contributed by atoms with Crippen LogP contribution in [0.5, 0.6) is 0 Å². The molecule has 0 amide bonds. The number of rotatable bonds is 2. The lowest BCUT2D eigenvalue weighted by Crippen LogP contribution is -2.13. The Morgan fingerprint density at radius 2 is 2.00 bits per heavy atom. The summed E-state index contributed by atoms with van der Waals surface area (Å²) in [4.78, 5) is 10.6. The molecular weight excluding hydrogens is 272 g/mol. The molecule has 2 heterocycles. The van der Waals surface area contributed by atoms with Crippen LogP contribution in [0.2, 0.25) is 5.02 Å². The Hall–Kier alpha value is -2.33. The maximum absolute atomic E-state index is 6.08. The van der Waals surface area contributed by atoms with Gasteiger partial charge in [0.15, 0.2) is 0 Å². The number of benzene rings is 1. The molecule has 1 aromatic carbocycles. The summed E-state index contributed by atoms with van der Waals surface area (Å²) in [6.45, 7) is 0. The molecule has 0 saturated carbocycles. The van der Waals surface area contributed by atoms with Crippen LogP contribution in [0.3, 0.4) is 0 Å². The second-order valence-corrected chi connectivity index (χ2v) is 4.92. The Balaban J connectivity index is 2.16. The second-order valence-electron chi connectivity index (χ2n) is 4.48. The van der Waals surface area contributed by atoms with Crippen molar-refractivity contribution in [2.75, 3.05) is 17.7 Å². The van der Waals surface area contributed by atoms with Crippen molar-refractivity contribution in [1.29, 1.82) is 0 Å². The fourth-order valence-electron chi connectivity index (χ4n) is 2.13. The van der Waals surface area contributed by atoms with Crippen LogP contribution in [0.15, 0.2) is 48.7 Å². The van der Waals surface area contributed by atoms with Crippen molar-refractivity contribution >= 4 is 39.8 Å². The van der Waals surface area contributed by atoms with Crippen LogP contribution in [-0.4, -0.2) is 17.0 Å². The maximum Gasteiger partial charge on any atom is 0.141 e. The van der Waals surface area contributed by atoms with Gasteiger partial charge < -0.3 is 10.6 Å². The number of fused-ring (bicyclic) bond motifs is 1. The normalized spacial score (nSPS) is 10.7. The van der Waals surface area contributed by atoms with E-state index >= 15 is 0 Å². The van der Waals surface area contributed by atoms with Crippen LogP contribution in [0.25, 0.3) is 10.8 Å². The molecule has 0 unspecified atom stereocenters. The monoisotopic (exact) mass is 284 g/mol. The van der Waals surface area contributed by atoms with Gasteiger partial charge in [0, 0.05) is 23.7 Å². The first-order valence-corrected chi connectivity index (χ1v) is 6.53. The molecule has 0 saturated heterocycles. The maximum atomic E-state index is 6.08. The largest absolute Gasteiger partial charge is 0.384 e. The number of nitrogens with two attached hydrogens (primary N) is 1. The zero-order chi connectivity index (χ0) is 14.1. The third-order valence-electron chi connectivity index (χ3n) is 3.12. The van der Waals surface area contributed by atoms with Crippen molar-refractivity contribution in [2.45, 2.75) is 0 Å². The highest BCUT2D eigenvalue weighted by Gasteiger charge is 2.11. The lowest BCUT2D eigenvalue weighted by molar-refractivity contribution is 1.09. The standard InChI is InChI=1S/C15H13ClN4/c1-20(14-4-2-3-13(17)19-14)15-12-9-11(16)6-5-10(12)7-8-18-15/h2-9H,1H3,(H2,17,19). The Labute approximate surface area is 121 Å². The van der Waals surface area contributed by atoms with E-state index in [4.69, 9.17) is 17.3 Å². The number of anilines is 3. The zero-order valence-electron chi connectivity index (χ0n) is 10.9. The highest BCUT2D eigenvalue weighted by Crippen LogP contribution is 2.30. The summed E-state index contributed by atoms with van der Waals surface area (Å²) in [5.41, 5.74) is 5.73. The Bertz CT molecular complexity index is 773. The molecule has 0 fully saturated rings. The number of hydrogen-bond acceptors (Lipinski definition) is 4. The average Bonchev–Trinajstić information content (AvgIpc) is 2.46. The van der Waals surface area contributed by atoms with Crippen LogP contribution >= 0.6 is 11.6 Å². The van der Waals surface area contributed by atoms with Crippen molar-refractivity contribution in [2.24, 2.45) is 0 Å². The molecule has 3 aromatic rings. The lowest BCUT2D eigenvalue weighted by Gasteiger charge is -2.19. The highest BCUT2D eigenvalue weighted by molar-refractivity contribution is 6.31. The molecule has 0 atom stereocenters. The number of halogens is 1. The first-order chi connectivity index (χ1) is 9.65. The number of nitrogens with zero attached hydrogens (tertiary/aromatic N) is 3. The van der Waals surface area contributed by atoms with Gasteiger partial charge in [-0.05, 0) is 35.7 Å². The van der Waals surface area contributed by atoms with Gasteiger partial charge in [0.2, 0.25) is 0 Å². The summed E-state index contributed by atoms with van der Waals surface area (Å²) < 4.78 is 0. The minimum absolute atomic E-state index is 0.479. The van der Waals surface area contributed by atoms with Gasteiger partial charge in [-0.3, -0.25) is 0 Å². The molecule has 0 aliphatic carbocycles. The van der Waals surface area contributed by atoms with Gasteiger partial charge in [-0.15, -0.1) is 0 Å². The topological polar surface area (TPSA) is 55.0 Å². The summed E-state index contributed by atoms with van der Waals surface area (Å²) >= 11 is 6.08. The van der Waals surface area contributed by atoms with E-state index in [0.29, 0.717) is 10.8 Å². The molecule has 4 nitrogen and oxygen atoms in total. The molecule has 0 spiro atoms. The van der Waals surface area contributed by atoms with E-state index in [2.05, 4.69) is 9.97 Å². The van der Waals surface area contributed by atoms with Crippen LogP contribution in [0.4, 0.5) is 17.5 Å². The Morgan fingerprint density at radius 3 is 2.80 bits per heavy atom. The summed E-state index contributed by atoms with van der Waals surface area (Å²) in [7, 11) is 1.91. The molecule has 0 bridgehead atoms. The van der Waals surface area contributed by atoms with Crippen molar-refractivity contribution in [3.8, 4) is 0 Å². The molecule has 20 heavy (non-hydrogen) atoms. The van der Waals surface area contributed by atoms with Crippen molar-refractivity contribution < 1.29 is 0 Å². The van der Waals surface area contributed by atoms with Crippen LogP contribution in [0, 0.1) is 0 Å². The average molecular weight is 285 g/mol. The fourth-order valence-corrected chi connectivity index (χ4v) is 2.30. The van der Waals surface area contributed by atoms with Gasteiger partial charge in [-0.2, -0.15) is 0 Å². The summed E-state index contributed by atoms with van der Waals surface area (Å²) in [5, 5.41) is 2.74. The number of pyridine rings is 2. The van der Waals surface area contributed by atoms with Gasteiger partial charge in [-0.25, -0.2) is 9.97 Å². The van der Waals surface area contributed by atoms with E-state index in [1.54, 1.807) is 12.3 Å². The number of nitrogen functional groups attached to an aromatic ring is 1. The van der Waals surface area contributed by atoms with Gasteiger partial charge >= 0.3 is 0 Å². The predicted octanol–water partition coefficient (Wildman–Crippen LogP) is 3.63. The molecular formula is C15H13ClN4. The molecule has 2 aromatic heterocycles. The highest BCUT2D eigenvalue weighted by atomic mass is 35.5. The minimum Gasteiger partial charge on any atom is -0.384 e. The van der Waals surface area contributed by atoms with E-state index < -0.39 is 0 Å². The molecule has 0 radical (unpaired) electrons. The zero-order valence-corrected chi connectivity index (χ0v) is 11.7. The smallest absolute Gasteiger partial charge is 0.141 e. The minimum atomic E-state index is 0.479. The molecule has 3 rings (SSSR count). The molecule has 0 aliphatic heterocycles. The Morgan fingerprint density at radius 1 is 1.15 bits per heavy atom. The van der Waals surface area contributed by atoms with E-state index in [1.807, 2.05) is 48.3 Å². The fraction of sp³-hybridized carbons (Fsp3) is 0.0667. The first-order valence-electron chi connectivity index (χ1n) is 6.16. The summed E-state index contributed by atoms with van der Waals surface area (Å²) in [6, 6.07) is 13.2. The lowest BCUT2D eigenvalue weighted by atomic mass is 10.1. The van der Waals surface area contributed by atoms with Crippen molar-refractivity contribution in [3.63, 3.8) is 0 Å². The Kier molecular flexibility index (Phi) is 3.16. The second kappa shape index (κ2) is 4.98. The van der Waals surface area contributed by atoms with Crippen molar-refractivity contribution in [1.82, 2.24) is 9.97 Å². The van der Waals surface area contributed by atoms with Gasteiger partial charge in [0.1, 0.15) is 17.5 Å². The summed E-state index contributed by atoms with van der Waals surface area (Å²) in [6.07, 6.45) is 1.77. The number of aromatic nitrogens is 2. The van der Waals surface area contributed by atoms with Crippen LogP contribution in [-0.2, 0) is 0 Å². The molecule has 2 N–H and O–H groups in total. The summed E-state index contributed by atoms with van der Waals surface area (Å²) in [5.74, 6) is 2.01. The quantitative estimate of drug-likeness (QED) is 0.781. The SMILES string of the molecule is CN(c1cccc(N)n1)c1nccc2ccc(Cl)cc12. The van der Waals surface area contributed by atoms with Crippen LogP contribution in [0.1, 0.15) is 0 Å². The van der Waals surface area contributed by atoms with Crippen molar-refractivity contribution in [3.05, 3.63) is 53.7 Å². The number of hydrogen-bond donors (Lipinski definition) is 1. The van der Waals surface area contributed by atoms with E-state index in [-0.39, 0.29) is 0 Å². The molecule has 100 valence electrons. The first kappa shape index (κ1) is 12.7. The van der Waals surface area contributed by atoms with Gasteiger partial charge in [-0.1, -0.05) is 23.7 Å². The van der Waals surface area contributed by atoms with E-state index in [0.717, 1.165) is 22.4 Å². The van der Waals surface area contributed by atoms with Gasteiger partial charge in [0.05, 0.1) is 0 Å². The third-order valence-corrected chi connectivity index (χ3v) is 3.36. The molecule has 5 heteroatoms. The van der Waals surface area contributed by atoms with Gasteiger partial charge in [0.25, 0.3) is 0 Å².